The van der Waals surface area contributed by atoms with Crippen molar-refractivity contribution in [1.82, 2.24) is 9.55 Å². The van der Waals surface area contributed by atoms with Gasteiger partial charge < -0.3 is 4.42 Å². The van der Waals surface area contributed by atoms with Crippen LogP contribution >= 0.6 is 11.6 Å². The Balaban J connectivity index is 2.25. The first-order chi connectivity index (χ1) is 8.66. The molecule has 0 aliphatic rings. The van der Waals surface area contributed by atoms with E-state index in [0.717, 1.165) is 5.39 Å². The van der Waals surface area contributed by atoms with Gasteiger partial charge in [-0.05, 0) is 18.2 Å². The summed E-state index contributed by atoms with van der Waals surface area (Å²) in [5.41, 5.74) is 0.792. The summed E-state index contributed by atoms with van der Waals surface area (Å²) in [7, 11) is 0. The molecule has 6 heteroatoms. The molecule has 0 radical (unpaired) electrons. The maximum Gasteiger partial charge on any atom is 0.297 e. The molecule has 0 amide bonds. The smallest absolute Gasteiger partial charge is 0.297 e. The van der Waals surface area contributed by atoms with Crippen molar-refractivity contribution in [3.05, 3.63) is 47.6 Å². The molecule has 3 nitrogen and oxygen atoms in total. The predicted molar refractivity (Wildman–Crippen MR) is 63.3 cm³/mol. The minimum absolute atomic E-state index is 0.273. The van der Waals surface area contributed by atoms with E-state index in [-0.39, 0.29) is 11.4 Å². The lowest BCUT2D eigenvalue weighted by atomic mass is 10.3. The van der Waals surface area contributed by atoms with Crippen LogP contribution in [0.3, 0.4) is 0 Å². The number of halogens is 3. The molecule has 0 spiro atoms. The lowest BCUT2D eigenvalue weighted by Crippen LogP contribution is -1.96. The van der Waals surface area contributed by atoms with Crippen LogP contribution < -0.4 is 0 Å². The molecule has 92 valence electrons. The maximum atomic E-state index is 12.8. The second-order valence-electron chi connectivity index (χ2n) is 3.70. The molecular weight excluding hydrogens is 262 g/mol. The van der Waals surface area contributed by atoms with Gasteiger partial charge in [0.1, 0.15) is 10.8 Å². The molecule has 0 N–H and O–H groups in total. The molecule has 3 aromatic heterocycles. The van der Waals surface area contributed by atoms with Gasteiger partial charge in [-0.2, -0.15) is 0 Å². The summed E-state index contributed by atoms with van der Waals surface area (Å²) >= 11 is 5.82. The first kappa shape index (κ1) is 11.2. The van der Waals surface area contributed by atoms with E-state index in [1.54, 1.807) is 24.4 Å². The Kier molecular flexibility index (Phi) is 2.56. The van der Waals surface area contributed by atoms with E-state index in [1.165, 1.54) is 16.9 Å². The summed E-state index contributed by atoms with van der Waals surface area (Å²) < 4.78 is 31.9. The zero-order valence-electron chi connectivity index (χ0n) is 8.98. The molecule has 0 bridgehead atoms. The van der Waals surface area contributed by atoms with Crippen LogP contribution in [0.2, 0.25) is 5.15 Å². The minimum atomic E-state index is -2.67. The summed E-state index contributed by atoms with van der Waals surface area (Å²) in [5, 5.41) is 1.13. The Bertz CT molecular complexity index is 705. The molecule has 0 unspecified atom stereocenters. The van der Waals surface area contributed by atoms with Crippen LogP contribution in [0.25, 0.3) is 16.7 Å². The van der Waals surface area contributed by atoms with E-state index in [9.17, 15) is 8.78 Å². The number of rotatable bonds is 2. The summed E-state index contributed by atoms with van der Waals surface area (Å²) in [6.07, 6.45) is 0.212. The highest BCUT2D eigenvalue weighted by Crippen LogP contribution is 2.29. The summed E-state index contributed by atoms with van der Waals surface area (Å²) in [5.74, 6) is -0.380. The van der Waals surface area contributed by atoms with E-state index >= 15 is 0 Å². The van der Waals surface area contributed by atoms with E-state index in [2.05, 4.69) is 4.98 Å². The van der Waals surface area contributed by atoms with Crippen LogP contribution in [0.15, 0.2) is 41.1 Å². The van der Waals surface area contributed by atoms with Crippen molar-refractivity contribution in [3.8, 4) is 5.69 Å². The zero-order chi connectivity index (χ0) is 12.7. The highest BCUT2D eigenvalue weighted by molar-refractivity contribution is 6.29. The number of furan rings is 1. The van der Waals surface area contributed by atoms with Gasteiger partial charge in [0.2, 0.25) is 0 Å². The summed E-state index contributed by atoms with van der Waals surface area (Å²) in [6.45, 7) is 0. The average molecular weight is 269 g/mol. The van der Waals surface area contributed by atoms with Crippen molar-refractivity contribution in [2.45, 2.75) is 6.43 Å². The summed E-state index contributed by atoms with van der Waals surface area (Å²) in [6, 6.07) is 6.69. The number of pyridine rings is 1. The Morgan fingerprint density at radius 2 is 2.06 bits per heavy atom. The number of hydrogen-bond acceptors (Lipinski definition) is 2. The average Bonchev–Trinajstić information content (AvgIpc) is 2.92. The third-order valence-electron chi connectivity index (χ3n) is 2.63. The fourth-order valence-electron chi connectivity index (χ4n) is 1.86. The number of alkyl halides is 2. The normalized spacial score (nSPS) is 11.6. The first-order valence-corrected chi connectivity index (χ1v) is 5.54. The van der Waals surface area contributed by atoms with Gasteiger partial charge >= 0.3 is 0 Å². The van der Waals surface area contributed by atoms with Crippen molar-refractivity contribution in [1.29, 1.82) is 0 Å². The van der Waals surface area contributed by atoms with Crippen LogP contribution in [-0.4, -0.2) is 9.55 Å². The topological polar surface area (TPSA) is 31.0 Å². The fourth-order valence-corrected chi connectivity index (χ4v) is 2.00. The van der Waals surface area contributed by atoms with E-state index < -0.39 is 6.43 Å². The fraction of sp³-hybridized carbons (Fsp3) is 0.0833. The molecule has 0 fully saturated rings. The van der Waals surface area contributed by atoms with Crippen molar-refractivity contribution < 1.29 is 13.2 Å². The van der Waals surface area contributed by atoms with Gasteiger partial charge in [0.05, 0.1) is 12.0 Å². The molecule has 0 saturated heterocycles. The Labute approximate surface area is 106 Å². The lowest BCUT2D eigenvalue weighted by Gasteiger charge is -2.04. The molecule has 0 aromatic carbocycles. The Hall–Kier alpha value is -1.88. The van der Waals surface area contributed by atoms with Crippen LogP contribution in [0, 0.1) is 0 Å². The lowest BCUT2D eigenvalue weighted by molar-refractivity contribution is 0.121. The van der Waals surface area contributed by atoms with Crippen molar-refractivity contribution in [2.75, 3.05) is 0 Å². The Morgan fingerprint density at radius 1 is 1.22 bits per heavy atom. The van der Waals surface area contributed by atoms with Gasteiger partial charge in [0.25, 0.3) is 6.43 Å². The van der Waals surface area contributed by atoms with Gasteiger partial charge in [-0.25, -0.2) is 13.8 Å². The molecule has 3 aromatic rings. The van der Waals surface area contributed by atoms with E-state index in [4.69, 9.17) is 16.0 Å². The SMILES string of the molecule is FC(F)c1occc1-n1ccc2ccc(Cl)nc21. The third kappa shape index (κ3) is 1.67. The second kappa shape index (κ2) is 4.10. The van der Waals surface area contributed by atoms with Gasteiger partial charge in [0, 0.05) is 17.6 Å². The number of nitrogens with zero attached hydrogens (tertiary/aromatic N) is 2. The zero-order valence-corrected chi connectivity index (χ0v) is 9.73. The summed E-state index contributed by atoms with van der Waals surface area (Å²) in [4.78, 5) is 4.13. The molecule has 0 saturated carbocycles. The highest BCUT2D eigenvalue weighted by atomic mass is 35.5. The number of fused-ring (bicyclic) bond motifs is 1. The van der Waals surface area contributed by atoms with Crippen LogP contribution in [0.4, 0.5) is 8.78 Å². The highest BCUT2D eigenvalue weighted by Gasteiger charge is 2.19. The Morgan fingerprint density at radius 3 is 2.83 bits per heavy atom. The third-order valence-corrected chi connectivity index (χ3v) is 2.84. The van der Waals surface area contributed by atoms with Crippen molar-refractivity contribution >= 4 is 22.6 Å². The minimum Gasteiger partial charge on any atom is -0.461 e. The monoisotopic (exact) mass is 268 g/mol. The molecule has 3 heterocycles. The van der Waals surface area contributed by atoms with E-state index in [0.29, 0.717) is 10.8 Å². The van der Waals surface area contributed by atoms with Crippen LogP contribution in [0.5, 0.6) is 0 Å². The van der Waals surface area contributed by atoms with Gasteiger partial charge in [0.15, 0.2) is 5.76 Å². The molecule has 0 atom stereocenters. The largest absolute Gasteiger partial charge is 0.461 e. The van der Waals surface area contributed by atoms with Crippen LogP contribution in [-0.2, 0) is 0 Å². The van der Waals surface area contributed by atoms with Crippen LogP contribution in [0.1, 0.15) is 12.2 Å². The molecule has 0 aliphatic carbocycles. The maximum absolute atomic E-state index is 12.8. The van der Waals surface area contributed by atoms with Gasteiger partial charge in [-0.15, -0.1) is 0 Å². The van der Waals surface area contributed by atoms with Gasteiger partial charge in [-0.1, -0.05) is 11.6 Å². The predicted octanol–water partition coefficient (Wildman–Crippen LogP) is 4.21. The van der Waals surface area contributed by atoms with Gasteiger partial charge in [-0.3, -0.25) is 4.57 Å². The standard InChI is InChI=1S/C12H7ClF2N2O/c13-9-2-1-7-3-5-17(12(7)16-9)8-4-6-18-10(8)11(14)15/h1-6,11H. The number of aromatic nitrogens is 2. The van der Waals surface area contributed by atoms with Crippen molar-refractivity contribution in [2.24, 2.45) is 0 Å². The molecular formula is C12H7ClF2N2O. The quantitative estimate of drug-likeness (QED) is 0.652. The molecule has 0 aliphatic heterocycles. The van der Waals surface area contributed by atoms with Crippen molar-refractivity contribution in [3.63, 3.8) is 0 Å². The number of hydrogen-bond donors (Lipinski definition) is 0. The molecule has 3 rings (SSSR count). The second-order valence-corrected chi connectivity index (χ2v) is 4.09. The van der Waals surface area contributed by atoms with E-state index in [1.807, 2.05) is 0 Å². The molecule has 18 heavy (non-hydrogen) atoms. The first-order valence-electron chi connectivity index (χ1n) is 5.16.